The smallest absolute Gasteiger partial charge is 0.242 e. The van der Waals surface area contributed by atoms with Crippen molar-refractivity contribution >= 4 is 35.0 Å². The fourth-order valence-corrected chi connectivity index (χ4v) is 2.75. The molecule has 2 N–H and O–H groups in total. The molecule has 0 aliphatic carbocycles. The molecule has 1 aliphatic heterocycles. The second kappa shape index (κ2) is 7.66. The van der Waals surface area contributed by atoms with E-state index in [0.29, 0.717) is 29.4 Å². The van der Waals surface area contributed by atoms with Crippen LogP contribution in [0.25, 0.3) is 0 Å². The molecule has 4 nitrogen and oxygen atoms in total. The first kappa shape index (κ1) is 16.1. The van der Waals surface area contributed by atoms with Gasteiger partial charge in [-0.2, -0.15) is 0 Å². The van der Waals surface area contributed by atoms with Gasteiger partial charge in [0, 0.05) is 13.0 Å². The molecule has 1 aromatic carbocycles. The molecule has 1 fully saturated rings. The van der Waals surface area contributed by atoms with Gasteiger partial charge < -0.3 is 10.6 Å². The van der Waals surface area contributed by atoms with Gasteiger partial charge in [0.25, 0.3) is 0 Å². The van der Waals surface area contributed by atoms with Crippen LogP contribution in [0.3, 0.4) is 0 Å². The molecule has 6 heteroatoms. The summed E-state index contributed by atoms with van der Waals surface area (Å²) in [5.74, 6) is -0.241. The van der Waals surface area contributed by atoms with E-state index in [1.807, 2.05) is 6.07 Å². The number of hydrogen-bond donors (Lipinski definition) is 2. The molecule has 1 heterocycles. The Morgan fingerprint density at radius 2 is 2.14 bits per heavy atom. The summed E-state index contributed by atoms with van der Waals surface area (Å²) in [6.45, 7) is 0.684. The van der Waals surface area contributed by atoms with E-state index in [-0.39, 0.29) is 18.2 Å². The third-order valence-corrected chi connectivity index (χ3v) is 4.38. The lowest BCUT2D eigenvalue weighted by molar-refractivity contribution is -0.128. The number of hydrogen-bond acceptors (Lipinski definition) is 2. The summed E-state index contributed by atoms with van der Waals surface area (Å²) in [7, 11) is 0. The van der Waals surface area contributed by atoms with Crippen LogP contribution in [0.2, 0.25) is 10.0 Å². The Balaban J connectivity index is 1.87. The Morgan fingerprint density at radius 3 is 2.95 bits per heavy atom. The summed E-state index contributed by atoms with van der Waals surface area (Å²) >= 11 is 12.0. The van der Waals surface area contributed by atoms with Crippen molar-refractivity contribution in [2.45, 2.75) is 38.1 Å². The first-order valence-electron chi connectivity index (χ1n) is 7.08. The third-order valence-electron chi connectivity index (χ3n) is 3.52. The highest BCUT2D eigenvalue weighted by atomic mass is 35.5. The summed E-state index contributed by atoms with van der Waals surface area (Å²) in [6.07, 6.45) is 3.36. The van der Waals surface area contributed by atoms with Gasteiger partial charge in [-0.05, 0) is 37.3 Å². The molecular formula is C15H18Cl2N2O2. The lowest BCUT2D eigenvalue weighted by Gasteiger charge is -2.15. The molecule has 1 aliphatic rings. The lowest BCUT2D eigenvalue weighted by atomic mass is 10.1. The Labute approximate surface area is 134 Å². The van der Waals surface area contributed by atoms with Gasteiger partial charge in [0.2, 0.25) is 11.8 Å². The molecule has 0 aromatic heterocycles. The molecule has 0 radical (unpaired) electrons. The standard InChI is InChI=1S/C15H18Cl2N2O2/c16-11-5-3-4-10(14(11)17)7-8-13(20)19-12-6-1-2-9-18-15(12)21/h3-5,12H,1-2,6-9H2,(H,18,21)(H,19,20). The molecule has 0 spiro atoms. The maximum Gasteiger partial charge on any atom is 0.242 e. The number of rotatable bonds is 4. The number of nitrogens with one attached hydrogen (secondary N) is 2. The minimum atomic E-state index is -0.421. The second-order valence-corrected chi connectivity index (χ2v) is 5.91. The van der Waals surface area contributed by atoms with E-state index in [0.717, 1.165) is 18.4 Å². The molecule has 1 atom stereocenters. The first-order chi connectivity index (χ1) is 10.1. The van der Waals surface area contributed by atoms with E-state index >= 15 is 0 Å². The van der Waals surface area contributed by atoms with Crippen molar-refractivity contribution in [3.8, 4) is 0 Å². The highest BCUT2D eigenvalue weighted by Crippen LogP contribution is 2.26. The molecule has 0 bridgehead atoms. The van der Waals surface area contributed by atoms with Crippen LogP contribution in [-0.2, 0) is 16.0 Å². The van der Waals surface area contributed by atoms with Crippen LogP contribution in [-0.4, -0.2) is 24.4 Å². The highest BCUT2D eigenvalue weighted by Gasteiger charge is 2.22. The summed E-state index contributed by atoms with van der Waals surface area (Å²) in [5, 5.41) is 6.55. The monoisotopic (exact) mass is 328 g/mol. The van der Waals surface area contributed by atoms with Crippen LogP contribution in [0.15, 0.2) is 18.2 Å². The van der Waals surface area contributed by atoms with Gasteiger partial charge >= 0.3 is 0 Å². The van der Waals surface area contributed by atoms with Crippen molar-refractivity contribution in [1.29, 1.82) is 0 Å². The molecule has 0 saturated carbocycles. The molecule has 2 rings (SSSR count). The fraction of sp³-hybridized carbons (Fsp3) is 0.467. The zero-order valence-corrected chi connectivity index (χ0v) is 13.1. The van der Waals surface area contributed by atoms with Gasteiger partial charge in [-0.15, -0.1) is 0 Å². The zero-order valence-electron chi connectivity index (χ0n) is 11.6. The van der Waals surface area contributed by atoms with Gasteiger partial charge in [0.1, 0.15) is 6.04 Å². The van der Waals surface area contributed by atoms with Crippen LogP contribution in [0.5, 0.6) is 0 Å². The SMILES string of the molecule is O=C(CCc1cccc(Cl)c1Cl)NC1CCCCNC1=O. The lowest BCUT2D eigenvalue weighted by Crippen LogP contribution is -2.45. The zero-order chi connectivity index (χ0) is 15.2. The predicted octanol–water partition coefficient (Wildman–Crippen LogP) is 2.71. The van der Waals surface area contributed by atoms with E-state index in [2.05, 4.69) is 10.6 Å². The molecule has 1 saturated heterocycles. The molecular weight excluding hydrogens is 311 g/mol. The fourth-order valence-electron chi connectivity index (χ4n) is 2.33. The Morgan fingerprint density at radius 1 is 1.33 bits per heavy atom. The van der Waals surface area contributed by atoms with Gasteiger partial charge in [-0.3, -0.25) is 9.59 Å². The normalized spacial score (nSPS) is 18.8. The summed E-state index contributed by atoms with van der Waals surface area (Å²) in [6, 6.07) is 4.94. The second-order valence-electron chi connectivity index (χ2n) is 5.12. The molecule has 21 heavy (non-hydrogen) atoms. The number of amides is 2. The van der Waals surface area contributed by atoms with E-state index < -0.39 is 6.04 Å². The van der Waals surface area contributed by atoms with Gasteiger partial charge in [0.05, 0.1) is 10.0 Å². The van der Waals surface area contributed by atoms with Crippen LogP contribution in [0.1, 0.15) is 31.2 Å². The quantitative estimate of drug-likeness (QED) is 0.892. The minimum absolute atomic E-state index is 0.0957. The third kappa shape index (κ3) is 4.61. The minimum Gasteiger partial charge on any atom is -0.354 e. The Kier molecular flexibility index (Phi) is 5.88. The number of carbonyl (C=O) groups is 2. The van der Waals surface area contributed by atoms with Gasteiger partial charge in [0.15, 0.2) is 0 Å². The van der Waals surface area contributed by atoms with E-state index in [9.17, 15) is 9.59 Å². The molecule has 2 amide bonds. The number of carbonyl (C=O) groups excluding carboxylic acids is 2. The Hall–Kier alpha value is -1.26. The predicted molar refractivity (Wildman–Crippen MR) is 83.6 cm³/mol. The van der Waals surface area contributed by atoms with Crippen molar-refractivity contribution in [3.63, 3.8) is 0 Å². The number of halogens is 2. The average molecular weight is 329 g/mol. The van der Waals surface area contributed by atoms with E-state index in [4.69, 9.17) is 23.2 Å². The largest absolute Gasteiger partial charge is 0.354 e. The highest BCUT2D eigenvalue weighted by molar-refractivity contribution is 6.42. The molecule has 1 aromatic rings. The van der Waals surface area contributed by atoms with Crippen LogP contribution in [0, 0.1) is 0 Å². The van der Waals surface area contributed by atoms with Crippen LogP contribution in [0.4, 0.5) is 0 Å². The van der Waals surface area contributed by atoms with Gasteiger partial charge in [-0.1, -0.05) is 35.3 Å². The maximum absolute atomic E-state index is 12.0. The van der Waals surface area contributed by atoms with E-state index in [1.165, 1.54) is 0 Å². The van der Waals surface area contributed by atoms with Crippen molar-refractivity contribution in [2.75, 3.05) is 6.54 Å². The summed E-state index contributed by atoms with van der Waals surface area (Å²) in [4.78, 5) is 23.7. The topological polar surface area (TPSA) is 58.2 Å². The van der Waals surface area contributed by atoms with E-state index in [1.54, 1.807) is 12.1 Å². The summed E-state index contributed by atoms with van der Waals surface area (Å²) in [5.41, 5.74) is 0.838. The van der Waals surface area contributed by atoms with Crippen molar-refractivity contribution in [2.24, 2.45) is 0 Å². The Bertz CT molecular complexity index is 534. The van der Waals surface area contributed by atoms with Crippen molar-refractivity contribution < 1.29 is 9.59 Å². The van der Waals surface area contributed by atoms with Crippen LogP contribution < -0.4 is 10.6 Å². The number of benzene rings is 1. The first-order valence-corrected chi connectivity index (χ1v) is 7.83. The molecule has 1 unspecified atom stereocenters. The van der Waals surface area contributed by atoms with Crippen LogP contribution >= 0.6 is 23.2 Å². The van der Waals surface area contributed by atoms with Gasteiger partial charge in [-0.25, -0.2) is 0 Å². The summed E-state index contributed by atoms with van der Waals surface area (Å²) < 4.78 is 0. The van der Waals surface area contributed by atoms with Crippen molar-refractivity contribution in [1.82, 2.24) is 10.6 Å². The van der Waals surface area contributed by atoms with Crippen molar-refractivity contribution in [3.05, 3.63) is 33.8 Å². The number of aryl methyl sites for hydroxylation is 1. The molecule has 114 valence electrons. The average Bonchev–Trinajstić information content (AvgIpc) is 2.66. The maximum atomic E-state index is 12.0.